The summed E-state index contributed by atoms with van der Waals surface area (Å²) in [7, 11) is 0. The van der Waals surface area contributed by atoms with Crippen molar-refractivity contribution >= 4 is 28.8 Å². The highest BCUT2D eigenvalue weighted by molar-refractivity contribution is 7.09. The average Bonchev–Trinajstić information content (AvgIpc) is 3.34. The molecule has 0 unspecified atom stereocenters. The van der Waals surface area contributed by atoms with E-state index in [1.54, 1.807) is 22.3 Å². The van der Waals surface area contributed by atoms with Crippen LogP contribution in [-0.4, -0.2) is 30.4 Å². The Morgan fingerprint density at radius 3 is 2.70 bits per heavy atom. The molecule has 2 aromatic rings. The van der Waals surface area contributed by atoms with E-state index in [0.29, 0.717) is 19.4 Å². The maximum Gasteiger partial charge on any atom is 0.250 e. The third-order valence-electron chi connectivity index (χ3n) is 5.12. The summed E-state index contributed by atoms with van der Waals surface area (Å²) in [5.74, 6) is -0.253. The summed E-state index contributed by atoms with van der Waals surface area (Å²) < 4.78 is 0. The lowest BCUT2D eigenvalue weighted by Crippen LogP contribution is -2.46. The summed E-state index contributed by atoms with van der Waals surface area (Å²) in [5.41, 5.74) is 8.28. The van der Waals surface area contributed by atoms with Gasteiger partial charge in [0.1, 0.15) is 0 Å². The van der Waals surface area contributed by atoms with Gasteiger partial charge in [-0.3, -0.25) is 9.59 Å². The van der Waals surface area contributed by atoms with Crippen molar-refractivity contribution in [1.29, 1.82) is 0 Å². The normalized spacial score (nSPS) is 15.8. The van der Waals surface area contributed by atoms with Gasteiger partial charge in [-0.15, -0.1) is 11.3 Å². The molecule has 1 aliphatic heterocycles. The molecule has 5 nitrogen and oxygen atoms in total. The molecule has 0 bridgehead atoms. The molecule has 1 aromatic carbocycles. The maximum atomic E-state index is 12.8. The number of nitrogens with one attached hydrogen (secondary N) is 1. The zero-order valence-electron chi connectivity index (χ0n) is 17.9. The number of nitrogens with zero attached hydrogens (tertiary/aromatic N) is 1. The van der Waals surface area contributed by atoms with Gasteiger partial charge in [-0.05, 0) is 41.3 Å². The minimum Gasteiger partial charge on any atom is -0.349 e. The predicted molar refractivity (Wildman–Crippen MR) is 124 cm³/mol. The summed E-state index contributed by atoms with van der Waals surface area (Å²) in [5, 5.41) is 5.01. The lowest BCUT2D eigenvalue weighted by molar-refractivity contribution is -0.123. The molecule has 3 N–H and O–H groups in total. The van der Waals surface area contributed by atoms with Crippen LogP contribution in [0.25, 0.3) is 0 Å². The van der Waals surface area contributed by atoms with E-state index in [-0.39, 0.29) is 23.3 Å². The lowest BCUT2D eigenvalue weighted by atomic mass is 9.87. The highest BCUT2D eigenvalue weighted by Gasteiger charge is 2.25. The molecule has 2 heterocycles. The molecular formula is C24H31N3O2S. The van der Waals surface area contributed by atoms with E-state index in [1.807, 2.05) is 41.8 Å². The quantitative estimate of drug-likeness (QED) is 0.665. The first kappa shape index (κ1) is 22.2. The number of carbonyl (C=O) groups excluding carboxylic acids is 2. The van der Waals surface area contributed by atoms with Crippen LogP contribution in [0.15, 0.2) is 53.9 Å². The molecule has 30 heavy (non-hydrogen) atoms. The number of hydrogen-bond acceptors (Lipinski definition) is 4. The Kier molecular flexibility index (Phi) is 7.10. The van der Waals surface area contributed by atoms with Gasteiger partial charge in [0.2, 0.25) is 5.91 Å². The topological polar surface area (TPSA) is 75.4 Å². The van der Waals surface area contributed by atoms with Crippen LogP contribution in [0.3, 0.4) is 0 Å². The highest BCUT2D eigenvalue weighted by atomic mass is 32.1. The summed E-state index contributed by atoms with van der Waals surface area (Å²) in [4.78, 5) is 28.4. The number of amides is 2. The van der Waals surface area contributed by atoms with Crippen molar-refractivity contribution in [3.8, 4) is 0 Å². The largest absolute Gasteiger partial charge is 0.349 e. The van der Waals surface area contributed by atoms with Crippen molar-refractivity contribution in [2.24, 2.45) is 11.1 Å². The van der Waals surface area contributed by atoms with Crippen LogP contribution in [0.2, 0.25) is 0 Å². The minimum atomic E-state index is -0.610. The fraction of sp³-hybridized carbons (Fsp3) is 0.417. The fourth-order valence-corrected chi connectivity index (χ4v) is 4.48. The molecule has 2 atom stereocenters. The third-order valence-corrected chi connectivity index (χ3v) is 6.02. The van der Waals surface area contributed by atoms with E-state index in [2.05, 4.69) is 32.2 Å². The van der Waals surface area contributed by atoms with Crippen LogP contribution < -0.4 is 16.0 Å². The van der Waals surface area contributed by atoms with Gasteiger partial charge in [-0.1, -0.05) is 51.1 Å². The van der Waals surface area contributed by atoms with Gasteiger partial charge < -0.3 is 16.0 Å². The summed E-state index contributed by atoms with van der Waals surface area (Å²) in [6.45, 7) is 7.03. The van der Waals surface area contributed by atoms with Crippen LogP contribution in [0.4, 0.5) is 5.69 Å². The van der Waals surface area contributed by atoms with E-state index < -0.39 is 6.04 Å². The van der Waals surface area contributed by atoms with E-state index in [0.717, 1.165) is 17.0 Å². The van der Waals surface area contributed by atoms with Gasteiger partial charge in [-0.2, -0.15) is 0 Å². The summed E-state index contributed by atoms with van der Waals surface area (Å²) in [6, 6.07) is 11.1. The van der Waals surface area contributed by atoms with Gasteiger partial charge in [0.05, 0.1) is 6.04 Å². The van der Waals surface area contributed by atoms with Crippen molar-refractivity contribution in [2.75, 3.05) is 11.4 Å². The summed E-state index contributed by atoms with van der Waals surface area (Å²) in [6.07, 6.45) is 5.49. The molecule has 0 spiro atoms. The lowest BCUT2D eigenvalue weighted by Gasteiger charge is -2.26. The second-order valence-electron chi connectivity index (χ2n) is 9.00. The number of carbonyl (C=O) groups is 2. The number of anilines is 1. The van der Waals surface area contributed by atoms with E-state index in [9.17, 15) is 9.59 Å². The molecule has 0 saturated heterocycles. The molecule has 3 rings (SSSR count). The van der Waals surface area contributed by atoms with Crippen LogP contribution in [0.1, 0.15) is 37.6 Å². The number of nitrogens with two attached hydrogens (primary N) is 1. The Morgan fingerprint density at radius 1 is 1.23 bits per heavy atom. The molecule has 0 radical (unpaired) electrons. The molecule has 160 valence electrons. The molecule has 6 heteroatoms. The van der Waals surface area contributed by atoms with Gasteiger partial charge in [0.15, 0.2) is 0 Å². The number of fused-ring (bicyclic) bond motifs is 1. The Hall–Kier alpha value is -2.44. The second-order valence-corrected chi connectivity index (χ2v) is 10.0. The molecule has 0 fully saturated rings. The van der Waals surface area contributed by atoms with E-state index in [4.69, 9.17) is 5.73 Å². The Labute approximate surface area is 183 Å². The Bertz CT molecular complexity index is 899. The second kappa shape index (κ2) is 9.58. The molecule has 0 saturated carbocycles. The highest BCUT2D eigenvalue weighted by Crippen LogP contribution is 2.28. The van der Waals surface area contributed by atoms with Gasteiger partial charge >= 0.3 is 0 Å². The standard InChI is InChI=1S/C24H31N3O2S/c1-24(2,3)16-18(26-23(29)20(25)15-19-8-6-14-30-19)10-11-22(28)27-13-12-17-7-4-5-9-21(17)27/h4-11,14,18,20H,12-13,15-16,25H2,1-3H3,(H,26,29)/t18-,20+/m1/s1. The molecule has 0 aliphatic carbocycles. The number of rotatable bonds is 7. The minimum absolute atomic E-state index is 0.0105. The first-order valence-corrected chi connectivity index (χ1v) is 11.3. The number of thiophene rings is 1. The fourth-order valence-electron chi connectivity index (χ4n) is 3.71. The molecule has 1 aliphatic rings. The van der Waals surface area contributed by atoms with E-state index in [1.165, 1.54) is 5.56 Å². The van der Waals surface area contributed by atoms with Crippen molar-refractivity contribution in [1.82, 2.24) is 5.32 Å². The first-order chi connectivity index (χ1) is 14.2. The molecular weight excluding hydrogens is 394 g/mol. The van der Waals surface area contributed by atoms with Crippen LogP contribution in [0.5, 0.6) is 0 Å². The number of benzene rings is 1. The van der Waals surface area contributed by atoms with Crippen LogP contribution in [0, 0.1) is 5.41 Å². The Balaban J connectivity index is 1.66. The predicted octanol–water partition coefficient (Wildman–Crippen LogP) is 3.68. The van der Waals surface area contributed by atoms with Gasteiger partial charge in [0, 0.05) is 35.6 Å². The van der Waals surface area contributed by atoms with Crippen LogP contribution in [-0.2, 0) is 22.4 Å². The molecule has 2 amide bonds. The SMILES string of the molecule is CC(C)(C)C[C@@H](C=CC(=O)N1CCc2ccccc21)NC(=O)[C@@H](N)Cc1cccs1. The van der Waals surface area contributed by atoms with Gasteiger partial charge in [0.25, 0.3) is 5.91 Å². The van der Waals surface area contributed by atoms with Gasteiger partial charge in [-0.25, -0.2) is 0 Å². The van der Waals surface area contributed by atoms with Crippen molar-refractivity contribution in [2.45, 2.75) is 52.1 Å². The number of hydrogen-bond donors (Lipinski definition) is 2. The summed E-state index contributed by atoms with van der Waals surface area (Å²) >= 11 is 1.60. The smallest absolute Gasteiger partial charge is 0.250 e. The average molecular weight is 426 g/mol. The zero-order chi connectivity index (χ0) is 21.7. The zero-order valence-corrected chi connectivity index (χ0v) is 18.7. The van der Waals surface area contributed by atoms with Crippen molar-refractivity contribution in [3.63, 3.8) is 0 Å². The van der Waals surface area contributed by atoms with Crippen molar-refractivity contribution in [3.05, 3.63) is 64.4 Å². The molecule has 1 aromatic heterocycles. The van der Waals surface area contributed by atoms with E-state index >= 15 is 0 Å². The maximum absolute atomic E-state index is 12.8. The Morgan fingerprint density at radius 2 is 2.00 bits per heavy atom. The first-order valence-electron chi connectivity index (χ1n) is 10.4. The third kappa shape index (κ3) is 6.03. The van der Waals surface area contributed by atoms with Crippen molar-refractivity contribution < 1.29 is 9.59 Å². The van der Waals surface area contributed by atoms with Crippen LogP contribution >= 0.6 is 11.3 Å². The number of para-hydroxylation sites is 1. The monoisotopic (exact) mass is 425 g/mol.